The quantitative estimate of drug-likeness (QED) is 0.652. The van der Waals surface area contributed by atoms with E-state index >= 15 is 0 Å². The molecule has 6 heteroatoms. The third kappa shape index (κ3) is 3.26. The van der Waals surface area contributed by atoms with Gasteiger partial charge in [0.2, 0.25) is 11.2 Å². The molecule has 2 N–H and O–H groups in total. The van der Waals surface area contributed by atoms with Crippen LogP contribution >= 0.6 is 0 Å². The van der Waals surface area contributed by atoms with Crippen molar-refractivity contribution in [2.24, 2.45) is 9.98 Å². The molecule has 0 bridgehead atoms. The molecule has 1 fully saturated rings. The molecule has 2 aliphatic heterocycles. The SMILES string of the molecule is CC[n+]1c(/C=C/C2=NC3C(=N2)NC(=O)NC3c2ccccc2)ccc2ccccc21. The molecular formula is C24H22N5O+. The second-order valence-electron chi connectivity index (χ2n) is 7.31. The Balaban J connectivity index is 1.47. The molecule has 2 atom stereocenters. The second-order valence-corrected chi connectivity index (χ2v) is 7.31. The molecule has 30 heavy (non-hydrogen) atoms. The first-order chi connectivity index (χ1) is 14.7. The third-order valence-electron chi connectivity index (χ3n) is 5.48. The van der Waals surface area contributed by atoms with Gasteiger partial charge in [-0.2, -0.15) is 4.57 Å². The fourth-order valence-corrected chi connectivity index (χ4v) is 4.07. The number of pyridine rings is 1. The first kappa shape index (κ1) is 18.2. The van der Waals surface area contributed by atoms with Gasteiger partial charge in [-0.3, -0.25) is 10.3 Å². The van der Waals surface area contributed by atoms with Gasteiger partial charge in [-0.1, -0.05) is 42.5 Å². The van der Waals surface area contributed by atoms with E-state index in [4.69, 9.17) is 4.99 Å². The van der Waals surface area contributed by atoms with Gasteiger partial charge in [-0.25, -0.2) is 9.79 Å². The number of aliphatic imine (C=N–C) groups is 2. The van der Waals surface area contributed by atoms with Gasteiger partial charge >= 0.3 is 6.03 Å². The number of carbonyl (C=O) groups excluding carboxylic acids is 1. The van der Waals surface area contributed by atoms with Crippen LogP contribution < -0.4 is 15.2 Å². The summed E-state index contributed by atoms with van der Waals surface area (Å²) in [5.41, 5.74) is 3.28. The summed E-state index contributed by atoms with van der Waals surface area (Å²) in [4.78, 5) is 21.5. The number of rotatable bonds is 4. The Bertz CT molecular complexity index is 1210. The van der Waals surface area contributed by atoms with E-state index in [1.54, 1.807) is 0 Å². The lowest BCUT2D eigenvalue weighted by molar-refractivity contribution is -0.669. The molecule has 2 aromatic carbocycles. The molecule has 0 radical (unpaired) electrons. The molecular weight excluding hydrogens is 374 g/mol. The second kappa shape index (κ2) is 7.55. The maximum Gasteiger partial charge on any atom is 0.320 e. The van der Waals surface area contributed by atoms with Crippen LogP contribution in [0.3, 0.4) is 0 Å². The van der Waals surface area contributed by atoms with Gasteiger partial charge in [0.05, 0.1) is 6.04 Å². The normalized spacial score (nSPS) is 20.5. The first-order valence-electron chi connectivity index (χ1n) is 10.1. The lowest BCUT2D eigenvalue weighted by Gasteiger charge is -2.29. The molecule has 2 aliphatic rings. The molecule has 5 rings (SSSR count). The molecule has 148 valence electrons. The number of benzene rings is 2. The number of nitrogens with zero attached hydrogens (tertiary/aromatic N) is 3. The van der Waals surface area contributed by atoms with E-state index in [9.17, 15) is 4.79 Å². The minimum atomic E-state index is -0.252. The lowest BCUT2D eigenvalue weighted by Crippen LogP contribution is -2.55. The molecule has 0 aliphatic carbocycles. The zero-order valence-corrected chi connectivity index (χ0v) is 16.6. The van der Waals surface area contributed by atoms with Crippen LogP contribution in [0.15, 0.2) is 82.8 Å². The van der Waals surface area contributed by atoms with Crippen molar-refractivity contribution >= 4 is 34.7 Å². The smallest absolute Gasteiger partial charge is 0.320 e. The summed E-state index contributed by atoms with van der Waals surface area (Å²) in [6.07, 6.45) is 3.94. The number of carbonyl (C=O) groups is 1. The molecule has 3 aromatic rings. The standard InChI is InChI=1S/C24H21N5O/c1-2-29-18(13-12-16-8-6-7-11-19(16)29)14-15-20-25-22-21(17-9-4-3-5-10-17)27-24(30)28-23(22)26-20/h3-15,21-22H,2H2,1H3,(H-,25,26,27,28,30)/p+1/b15-14+. The van der Waals surface area contributed by atoms with E-state index in [1.165, 1.54) is 10.9 Å². The van der Waals surface area contributed by atoms with Gasteiger partial charge in [0.15, 0.2) is 0 Å². The minimum Gasteiger partial charge on any atom is -0.328 e. The number of amidine groups is 2. The number of nitrogens with one attached hydrogen (secondary N) is 2. The van der Waals surface area contributed by atoms with Crippen LogP contribution in [0.4, 0.5) is 4.79 Å². The van der Waals surface area contributed by atoms with E-state index in [-0.39, 0.29) is 18.1 Å². The summed E-state index contributed by atoms with van der Waals surface area (Å²) in [7, 11) is 0. The number of hydrogen-bond acceptors (Lipinski definition) is 3. The Morgan fingerprint density at radius 1 is 1.00 bits per heavy atom. The van der Waals surface area contributed by atoms with Crippen molar-refractivity contribution in [3.8, 4) is 0 Å². The van der Waals surface area contributed by atoms with E-state index in [0.29, 0.717) is 11.7 Å². The largest absolute Gasteiger partial charge is 0.328 e. The Hall–Kier alpha value is -3.80. The summed E-state index contributed by atoms with van der Waals surface area (Å²) < 4.78 is 2.26. The number of fused-ring (bicyclic) bond motifs is 2. The van der Waals surface area contributed by atoms with E-state index in [2.05, 4.69) is 63.5 Å². The van der Waals surface area contributed by atoms with E-state index < -0.39 is 0 Å². The zero-order valence-electron chi connectivity index (χ0n) is 16.6. The molecule has 1 aromatic heterocycles. The van der Waals surface area contributed by atoms with Crippen molar-refractivity contribution in [3.63, 3.8) is 0 Å². The van der Waals surface area contributed by atoms with Crippen LogP contribution in [0.1, 0.15) is 24.2 Å². The Morgan fingerprint density at radius 3 is 2.63 bits per heavy atom. The summed E-state index contributed by atoms with van der Waals surface area (Å²) in [5, 5.41) is 6.98. The topological polar surface area (TPSA) is 69.7 Å². The van der Waals surface area contributed by atoms with Crippen molar-refractivity contribution in [2.75, 3.05) is 0 Å². The van der Waals surface area contributed by atoms with Crippen molar-refractivity contribution in [1.29, 1.82) is 0 Å². The molecule has 2 amide bonds. The highest BCUT2D eigenvalue weighted by atomic mass is 16.2. The maximum absolute atomic E-state index is 12.1. The lowest BCUT2D eigenvalue weighted by atomic mass is 9.97. The van der Waals surface area contributed by atoms with Crippen LogP contribution in [-0.4, -0.2) is 23.7 Å². The Labute approximate surface area is 174 Å². The molecule has 6 nitrogen and oxygen atoms in total. The van der Waals surface area contributed by atoms with Crippen LogP contribution in [0, 0.1) is 0 Å². The fourth-order valence-electron chi connectivity index (χ4n) is 4.07. The molecule has 0 spiro atoms. The van der Waals surface area contributed by atoms with Crippen molar-refractivity contribution in [1.82, 2.24) is 10.6 Å². The summed E-state index contributed by atoms with van der Waals surface area (Å²) in [6.45, 7) is 3.00. The Morgan fingerprint density at radius 2 is 1.80 bits per heavy atom. The predicted octanol–water partition coefficient (Wildman–Crippen LogP) is 3.39. The van der Waals surface area contributed by atoms with Crippen LogP contribution in [-0.2, 0) is 6.54 Å². The summed E-state index contributed by atoms with van der Waals surface area (Å²) in [5.74, 6) is 1.20. The van der Waals surface area contributed by atoms with Crippen LogP contribution in [0.25, 0.3) is 17.0 Å². The summed E-state index contributed by atoms with van der Waals surface area (Å²) >= 11 is 0. The first-order valence-corrected chi connectivity index (χ1v) is 10.1. The number of amides is 2. The predicted molar refractivity (Wildman–Crippen MR) is 118 cm³/mol. The molecule has 3 heterocycles. The highest BCUT2D eigenvalue weighted by Gasteiger charge is 2.37. The van der Waals surface area contributed by atoms with E-state index in [1.807, 2.05) is 42.5 Å². The average molecular weight is 396 g/mol. The van der Waals surface area contributed by atoms with Crippen molar-refractivity contribution < 1.29 is 9.36 Å². The van der Waals surface area contributed by atoms with Crippen molar-refractivity contribution in [2.45, 2.75) is 25.6 Å². The number of urea groups is 1. The molecule has 2 unspecified atom stereocenters. The minimum absolute atomic E-state index is 0.231. The number of hydrogen-bond donors (Lipinski definition) is 2. The van der Waals surface area contributed by atoms with Gasteiger partial charge in [0.25, 0.3) is 0 Å². The average Bonchev–Trinajstić information content (AvgIpc) is 3.20. The monoisotopic (exact) mass is 396 g/mol. The summed E-state index contributed by atoms with van der Waals surface area (Å²) in [6, 6.07) is 21.7. The van der Waals surface area contributed by atoms with Gasteiger partial charge in [0.1, 0.15) is 24.3 Å². The number of para-hydroxylation sites is 1. The van der Waals surface area contributed by atoms with Crippen LogP contribution in [0.5, 0.6) is 0 Å². The number of aryl methyl sites for hydroxylation is 1. The van der Waals surface area contributed by atoms with Crippen molar-refractivity contribution in [3.05, 3.63) is 84.1 Å². The third-order valence-corrected chi connectivity index (χ3v) is 5.48. The molecule has 1 saturated heterocycles. The Kier molecular flexibility index (Phi) is 4.59. The fraction of sp³-hybridized carbons (Fsp3) is 0.167. The van der Waals surface area contributed by atoms with Crippen LogP contribution in [0.2, 0.25) is 0 Å². The molecule has 0 saturated carbocycles. The van der Waals surface area contributed by atoms with Gasteiger partial charge in [-0.15, -0.1) is 0 Å². The number of aromatic nitrogens is 1. The maximum atomic E-state index is 12.1. The van der Waals surface area contributed by atoms with Gasteiger partial charge < -0.3 is 5.32 Å². The van der Waals surface area contributed by atoms with E-state index in [0.717, 1.165) is 17.8 Å². The van der Waals surface area contributed by atoms with Gasteiger partial charge in [-0.05, 0) is 30.7 Å². The highest BCUT2D eigenvalue weighted by molar-refractivity contribution is 6.15. The highest BCUT2D eigenvalue weighted by Crippen LogP contribution is 2.25. The van der Waals surface area contributed by atoms with Gasteiger partial charge in [0, 0.05) is 23.6 Å². The zero-order chi connectivity index (χ0) is 20.5.